The van der Waals surface area contributed by atoms with Crippen molar-refractivity contribution in [3.05, 3.63) is 89.7 Å². The van der Waals surface area contributed by atoms with E-state index in [9.17, 15) is 9.18 Å². The second kappa shape index (κ2) is 11.4. The highest BCUT2D eigenvalue weighted by molar-refractivity contribution is 7.99. The molecule has 0 aliphatic carbocycles. The summed E-state index contributed by atoms with van der Waals surface area (Å²) in [5.41, 5.74) is 6.02. The minimum absolute atomic E-state index is 0.0354. The maximum atomic E-state index is 13.3. The number of aromatic nitrogens is 3. The van der Waals surface area contributed by atoms with Crippen LogP contribution in [0.2, 0.25) is 0 Å². The SMILES string of the molecule is COc1ccc(-n2c(SCC(=O)NN=Cc3cccc(F)c3)nnc2-c2ccc(C(C)(C)C)cc2)cc1. The van der Waals surface area contributed by atoms with Crippen LogP contribution in [0.3, 0.4) is 0 Å². The molecule has 3 aromatic carbocycles. The number of carbonyl (C=O) groups excluding carboxylic acids is 1. The third-order valence-electron chi connectivity index (χ3n) is 5.56. The first-order valence-electron chi connectivity index (χ1n) is 11.7. The van der Waals surface area contributed by atoms with Gasteiger partial charge in [0.15, 0.2) is 11.0 Å². The van der Waals surface area contributed by atoms with E-state index in [1.54, 1.807) is 19.2 Å². The predicted molar refractivity (Wildman–Crippen MR) is 145 cm³/mol. The fourth-order valence-corrected chi connectivity index (χ4v) is 4.31. The van der Waals surface area contributed by atoms with E-state index in [2.05, 4.69) is 53.6 Å². The summed E-state index contributed by atoms with van der Waals surface area (Å²) in [7, 11) is 1.62. The molecule has 4 aromatic rings. The number of benzene rings is 3. The van der Waals surface area contributed by atoms with Crippen molar-refractivity contribution in [2.75, 3.05) is 12.9 Å². The molecule has 0 atom stereocenters. The van der Waals surface area contributed by atoms with Crippen molar-refractivity contribution in [2.24, 2.45) is 5.10 Å². The fraction of sp³-hybridized carbons (Fsp3) is 0.214. The molecule has 0 aliphatic rings. The van der Waals surface area contributed by atoms with Crippen LogP contribution in [0.25, 0.3) is 17.1 Å². The largest absolute Gasteiger partial charge is 0.497 e. The smallest absolute Gasteiger partial charge is 0.250 e. The second-order valence-corrected chi connectivity index (χ2v) is 10.2. The van der Waals surface area contributed by atoms with E-state index in [0.29, 0.717) is 16.5 Å². The number of nitrogens with one attached hydrogen (secondary N) is 1. The van der Waals surface area contributed by atoms with E-state index in [1.165, 1.54) is 35.7 Å². The number of rotatable bonds is 8. The number of ether oxygens (including phenoxy) is 1. The van der Waals surface area contributed by atoms with E-state index >= 15 is 0 Å². The van der Waals surface area contributed by atoms with E-state index in [0.717, 1.165) is 17.0 Å². The molecule has 1 heterocycles. The van der Waals surface area contributed by atoms with E-state index in [4.69, 9.17) is 4.74 Å². The van der Waals surface area contributed by atoms with Crippen LogP contribution in [-0.2, 0) is 10.2 Å². The Morgan fingerprint density at radius 1 is 1.08 bits per heavy atom. The van der Waals surface area contributed by atoms with Crippen LogP contribution in [0, 0.1) is 5.82 Å². The summed E-state index contributed by atoms with van der Waals surface area (Å²) in [6.07, 6.45) is 1.39. The number of methoxy groups -OCH3 is 1. The lowest BCUT2D eigenvalue weighted by Gasteiger charge is -2.19. The Hall–Kier alpha value is -3.98. The maximum absolute atomic E-state index is 13.3. The zero-order valence-electron chi connectivity index (χ0n) is 21.1. The van der Waals surface area contributed by atoms with Gasteiger partial charge in [-0.2, -0.15) is 5.10 Å². The van der Waals surface area contributed by atoms with Gasteiger partial charge < -0.3 is 4.74 Å². The molecule has 4 rings (SSSR count). The number of hydrogen-bond donors (Lipinski definition) is 1. The molecule has 1 amide bonds. The fourth-order valence-electron chi connectivity index (χ4n) is 3.56. The predicted octanol–water partition coefficient (Wildman–Crippen LogP) is 5.62. The lowest BCUT2D eigenvalue weighted by Crippen LogP contribution is -2.20. The van der Waals surface area contributed by atoms with Gasteiger partial charge in [0.2, 0.25) is 0 Å². The number of nitrogens with zero attached hydrogens (tertiary/aromatic N) is 4. The van der Waals surface area contributed by atoms with Crippen molar-refractivity contribution in [1.82, 2.24) is 20.2 Å². The van der Waals surface area contributed by atoms with Gasteiger partial charge in [0.25, 0.3) is 5.91 Å². The molecule has 0 bridgehead atoms. The van der Waals surface area contributed by atoms with Crippen LogP contribution in [0.4, 0.5) is 4.39 Å². The molecule has 0 saturated carbocycles. The molecule has 0 aliphatic heterocycles. The first kappa shape index (κ1) is 26.1. The topological polar surface area (TPSA) is 81.4 Å². The molecule has 1 N–H and O–H groups in total. The van der Waals surface area contributed by atoms with E-state index < -0.39 is 0 Å². The molecule has 190 valence electrons. The summed E-state index contributed by atoms with van der Waals surface area (Å²) in [6, 6.07) is 21.8. The van der Waals surface area contributed by atoms with Gasteiger partial charge in [0, 0.05) is 11.3 Å². The molecule has 9 heteroatoms. The minimum Gasteiger partial charge on any atom is -0.497 e. The highest BCUT2D eigenvalue weighted by atomic mass is 32.2. The van der Waals surface area contributed by atoms with Gasteiger partial charge in [0.05, 0.1) is 19.1 Å². The summed E-state index contributed by atoms with van der Waals surface area (Å²) in [5.74, 6) is 0.776. The van der Waals surface area contributed by atoms with Gasteiger partial charge in [-0.1, -0.05) is 68.9 Å². The number of amides is 1. The van der Waals surface area contributed by atoms with Gasteiger partial charge in [-0.25, -0.2) is 9.82 Å². The highest BCUT2D eigenvalue weighted by Gasteiger charge is 2.19. The molecule has 37 heavy (non-hydrogen) atoms. The number of halogens is 1. The minimum atomic E-state index is -0.368. The lowest BCUT2D eigenvalue weighted by molar-refractivity contribution is -0.118. The zero-order chi connectivity index (χ0) is 26.4. The third-order valence-corrected chi connectivity index (χ3v) is 6.49. The number of carbonyl (C=O) groups is 1. The van der Waals surface area contributed by atoms with Gasteiger partial charge in [-0.05, 0) is 52.9 Å². The third kappa shape index (κ3) is 6.62. The van der Waals surface area contributed by atoms with Crippen LogP contribution >= 0.6 is 11.8 Å². The highest BCUT2D eigenvalue weighted by Crippen LogP contribution is 2.30. The molecule has 7 nitrogen and oxygen atoms in total. The first-order valence-corrected chi connectivity index (χ1v) is 12.6. The van der Waals surface area contributed by atoms with Gasteiger partial charge >= 0.3 is 0 Å². The van der Waals surface area contributed by atoms with Crippen molar-refractivity contribution >= 4 is 23.9 Å². The molecule has 0 fully saturated rings. The van der Waals surface area contributed by atoms with Crippen molar-refractivity contribution in [2.45, 2.75) is 31.3 Å². The monoisotopic (exact) mass is 517 g/mol. The lowest BCUT2D eigenvalue weighted by atomic mass is 9.87. The summed E-state index contributed by atoms with van der Waals surface area (Å²) < 4.78 is 20.5. The Labute approximate surface area is 219 Å². The van der Waals surface area contributed by atoms with Crippen LogP contribution in [0.1, 0.15) is 31.9 Å². The van der Waals surface area contributed by atoms with Crippen LogP contribution < -0.4 is 10.2 Å². The average molecular weight is 518 g/mol. The molecule has 0 spiro atoms. The summed E-state index contributed by atoms with van der Waals surface area (Å²) >= 11 is 1.24. The van der Waals surface area contributed by atoms with Crippen molar-refractivity contribution in [3.8, 4) is 22.8 Å². The van der Waals surface area contributed by atoms with Crippen LogP contribution in [0.5, 0.6) is 5.75 Å². The van der Waals surface area contributed by atoms with Crippen LogP contribution in [-0.4, -0.2) is 39.7 Å². The Bertz CT molecular complexity index is 1390. The molecule has 1 aromatic heterocycles. The van der Waals surface area contributed by atoms with E-state index in [-0.39, 0.29) is 22.9 Å². The van der Waals surface area contributed by atoms with E-state index in [1.807, 2.05) is 41.0 Å². The first-order chi connectivity index (χ1) is 17.7. The Kier molecular flexibility index (Phi) is 8.03. The zero-order valence-corrected chi connectivity index (χ0v) is 21.9. The van der Waals surface area contributed by atoms with Crippen molar-refractivity contribution in [3.63, 3.8) is 0 Å². The average Bonchev–Trinajstić information content (AvgIpc) is 3.31. The normalized spacial score (nSPS) is 11.6. The number of hydrazone groups is 1. The van der Waals surface area contributed by atoms with Gasteiger partial charge in [-0.3, -0.25) is 9.36 Å². The van der Waals surface area contributed by atoms with Crippen molar-refractivity contribution < 1.29 is 13.9 Å². The standard InChI is InChI=1S/C28H28FN5O2S/c1-28(2,3)21-10-8-20(9-11-21)26-32-33-27(34(26)23-12-14-24(36-4)15-13-23)37-18-25(35)31-30-17-19-6-5-7-22(29)16-19/h5-17H,18H2,1-4H3,(H,31,35). The van der Waals surface area contributed by atoms with Crippen LogP contribution in [0.15, 0.2) is 83.1 Å². The maximum Gasteiger partial charge on any atom is 0.250 e. The Morgan fingerprint density at radius 3 is 2.46 bits per heavy atom. The van der Waals surface area contributed by atoms with Gasteiger partial charge in [0.1, 0.15) is 11.6 Å². The molecule has 0 unspecified atom stereocenters. The Balaban J connectivity index is 1.55. The summed E-state index contributed by atoms with van der Waals surface area (Å²) in [6.45, 7) is 6.51. The number of hydrogen-bond acceptors (Lipinski definition) is 6. The van der Waals surface area contributed by atoms with Gasteiger partial charge in [-0.15, -0.1) is 10.2 Å². The van der Waals surface area contributed by atoms with Crippen molar-refractivity contribution in [1.29, 1.82) is 0 Å². The summed E-state index contributed by atoms with van der Waals surface area (Å²) in [4.78, 5) is 12.4. The Morgan fingerprint density at radius 2 is 1.81 bits per heavy atom. The molecule has 0 radical (unpaired) electrons. The molecular formula is C28H28FN5O2S. The number of thioether (sulfide) groups is 1. The quantitative estimate of drug-likeness (QED) is 0.186. The molecule has 0 saturated heterocycles. The second-order valence-electron chi connectivity index (χ2n) is 9.30. The summed E-state index contributed by atoms with van der Waals surface area (Å²) in [5, 5.41) is 13.3. The molecular weight excluding hydrogens is 489 g/mol.